The van der Waals surface area contributed by atoms with E-state index in [-0.39, 0.29) is 0 Å². The first kappa shape index (κ1) is 6.66. The highest BCUT2D eigenvalue weighted by molar-refractivity contribution is 4.81. The molecule has 2 rings (SSSR count). The zero-order valence-electron chi connectivity index (χ0n) is 6.51. The van der Waals surface area contributed by atoms with Crippen LogP contribution in [0.3, 0.4) is 0 Å². The predicted octanol–water partition coefficient (Wildman–Crippen LogP) is 2.21. The summed E-state index contributed by atoms with van der Waals surface area (Å²) in [6, 6.07) is 0. The first-order valence-corrected chi connectivity index (χ1v) is 4.54. The first-order chi connectivity index (χ1) is 4.97. The van der Waals surface area contributed by atoms with Gasteiger partial charge in [0, 0.05) is 13.2 Å². The summed E-state index contributed by atoms with van der Waals surface area (Å²) in [5.74, 6) is 2.13. The Morgan fingerprint density at radius 1 is 0.800 bits per heavy atom. The number of hydrogen-bond donors (Lipinski definition) is 0. The largest absolute Gasteiger partial charge is 0.381 e. The molecule has 2 atom stereocenters. The Morgan fingerprint density at radius 2 is 1.60 bits per heavy atom. The maximum Gasteiger partial charge on any atom is 0.0468 e. The van der Waals surface area contributed by atoms with E-state index >= 15 is 0 Å². The van der Waals surface area contributed by atoms with Gasteiger partial charge in [0.2, 0.25) is 0 Å². The maximum atomic E-state index is 5.43. The molecule has 2 aliphatic rings. The molecule has 0 amide bonds. The van der Waals surface area contributed by atoms with Crippen molar-refractivity contribution in [2.45, 2.75) is 32.1 Å². The molecule has 0 aromatic heterocycles. The second-order valence-corrected chi connectivity index (χ2v) is 3.64. The van der Waals surface area contributed by atoms with Gasteiger partial charge in [-0.05, 0) is 43.9 Å². The maximum absolute atomic E-state index is 5.43. The van der Waals surface area contributed by atoms with Gasteiger partial charge in [-0.1, -0.05) is 0 Å². The van der Waals surface area contributed by atoms with E-state index in [1.807, 2.05) is 0 Å². The first-order valence-electron chi connectivity index (χ1n) is 4.54. The van der Waals surface area contributed by atoms with Gasteiger partial charge in [0.15, 0.2) is 0 Å². The van der Waals surface area contributed by atoms with E-state index in [0.29, 0.717) is 0 Å². The third-order valence-corrected chi connectivity index (χ3v) is 3.07. The van der Waals surface area contributed by atoms with Gasteiger partial charge in [-0.15, -0.1) is 0 Å². The fraction of sp³-hybridized carbons (Fsp3) is 1.00. The van der Waals surface area contributed by atoms with Crippen molar-refractivity contribution in [3.63, 3.8) is 0 Å². The lowest BCUT2D eigenvalue weighted by Crippen LogP contribution is -2.29. The van der Waals surface area contributed by atoms with Crippen LogP contribution in [0.2, 0.25) is 0 Å². The molecule has 0 aromatic rings. The van der Waals surface area contributed by atoms with Crippen molar-refractivity contribution in [1.82, 2.24) is 0 Å². The van der Waals surface area contributed by atoms with E-state index in [0.717, 1.165) is 25.0 Å². The van der Waals surface area contributed by atoms with Gasteiger partial charge in [0.1, 0.15) is 0 Å². The van der Waals surface area contributed by atoms with E-state index in [4.69, 9.17) is 4.74 Å². The molecule has 0 N–H and O–H groups in total. The van der Waals surface area contributed by atoms with Crippen LogP contribution in [0.15, 0.2) is 0 Å². The second kappa shape index (κ2) is 2.91. The summed E-state index contributed by atoms with van der Waals surface area (Å²) in [6.45, 7) is 2.05. The molecule has 1 saturated heterocycles. The van der Waals surface area contributed by atoms with Crippen molar-refractivity contribution in [3.8, 4) is 0 Å². The summed E-state index contributed by atoms with van der Waals surface area (Å²) >= 11 is 0. The molecule has 1 aliphatic carbocycles. The van der Waals surface area contributed by atoms with E-state index in [9.17, 15) is 0 Å². The van der Waals surface area contributed by atoms with Crippen molar-refractivity contribution in [1.29, 1.82) is 0 Å². The summed E-state index contributed by atoms with van der Waals surface area (Å²) in [5.41, 5.74) is 0. The SMILES string of the molecule is C1COCCC2CCC2C1. The molecule has 1 aliphatic heterocycles. The Hall–Kier alpha value is -0.0400. The molecule has 2 unspecified atom stereocenters. The van der Waals surface area contributed by atoms with Crippen LogP contribution in [0.4, 0.5) is 0 Å². The second-order valence-electron chi connectivity index (χ2n) is 3.64. The molecule has 58 valence electrons. The minimum absolute atomic E-state index is 1.02. The number of hydrogen-bond acceptors (Lipinski definition) is 1. The van der Waals surface area contributed by atoms with E-state index in [1.54, 1.807) is 0 Å². The van der Waals surface area contributed by atoms with Crippen molar-refractivity contribution in [2.24, 2.45) is 11.8 Å². The Balaban J connectivity index is 1.83. The smallest absolute Gasteiger partial charge is 0.0468 e. The van der Waals surface area contributed by atoms with Gasteiger partial charge in [0.25, 0.3) is 0 Å². The Morgan fingerprint density at radius 3 is 2.40 bits per heavy atom. The molecule has 0 aromatic carbocycles. The van der Waals surface area contributed by atoms with E-state index in [1.165, 1.54) is 32.1 Å². The van der Waals surface area contributed by atoms with Crippen LogP contribution < -0.4 is 0 Å². The lowest BCUT2D eigenvalue weighted by Gasteiger charge is -2.38. The van der Waals surface area contributed by atoms with Crippen LogP contribution in [0.5, 0.6) is 0 Å². The van der Waals surface area contributed by atoms with Crippen molar-refractivity contribution in [2.75, 3.05) is 13.2 Å². The predicted molar refractivity (Wildman–Crippen MR) is 40.9 cm³/mol. The summed E-state index contributed by atoms with van der Waals surface area (Å²) in [6.07, 6.45) is 7.06. The van der Waals surface area contributed by atoms with Gasteiger partial charge < -0.3 is 4.74 Å². The normalized spacial score (nSPS) is 40.8. The quantitative estimate of drug-likeness (QED) is 0.501. The van der Waals surface area contributed by atoms with Crippen molar-refractivity contribution < 1.29 is 4.74 Å². The fourth-order valence-electron chi connectivity index (χ4n) is 2.18. The topological polar surface area (TPSA) is 9.23 Å². The minimum Gasteiger partial charge on any atom is -0.381 e. The van der Waals surface area contributed by atoms with Crippen LogP contribution in [0.1, 0.15) is 32.1 Å². The highest BCUT2D eigenvalue weighted by Crippen LogP contribution is 2.40. The molecule has 1 saturated carbocycles. The van der Waals surface area contributed by atoms with Gasteiger partial charge >= 0.3 is 0 Å². The monoisotopic (exact) mass is 140 g/mol. The van der Waals surface area contributed by atoms with Crippen LogP contribution in [0.25, 0.3) is 0 Å². The molecule has 0 bridgehead atoms. The molecular formula is C9H16O. The number of rotatable bonds is 0. The molecule has 1 heteroatoms. The van der Waals surface area contributed by atoms with Crippen LogP contribution in [0, 0.1) is 11.8 Å². The summed E-state index contributed by atoms with van der Waals surface area (Å²) in [5, 5.41) is 0. The summed E-state index contributed by atoms with van der Waals surface area (Å²) in [4.78, 5) is 0. The summed E-state index contributed by atoms with van der Waals surface area (Å²) in [7, 11) is 0. The lowest BCUT2D eigenvalue weighted by molar-refractivity contribution is 0.0416. The highest BCUT2D eigenvalue weighted by atomic mass is 16.5. The fourth-order valence-corrected chi connectivity index (χ4v) is 2.18. The summed E-state index contributed by atoms with van der Waals surface area (Å²) < 4.78 is 5.43. The Kier molecular flexibility index (Phi) is 1.94. The highest BCUT2D eigenvalue weighted by Gasteiger charge is 2.30. The van der Waals surface area contributed by atoms with E-state index in [2.05, 4.69) is 0 Å². The zero-order chi connectivity index (χ0) is 6.81. The third kappa shape index (κ3) is 1.20. The van der Waals surface area contributed by atoms with Crippen LogP contribution in [-0.2, 0) is 4.74 Å². The molecule has 1 heterocycles. The third-order valence-electron chi connectivity index (χ3n) is 3.07. The molecule has 0 radical (unpaired) electrons. The van der Waals surface area contributed by atoms with Crippen LogP contribution in [-0.4, -0.2) is 13.2 Å². The lowest BCUT2D eigenvalue weighted by atomic mass is 9.70. The standard InChI is InChI=1S/C9H16O/c1-2-8-3-4-9(8)5-7-10-6-1/h8-9H,1-7H2. The Bertz CT molecular complexity index is 97.3. The van der Waals surface area contributed by atoms with Crippen LogP contribution >= 0.6 is 0 Å². The van der Waals surface area contributed by atoms with E-state index < -0.39 is 0 Å². The molecule has 1 nitrogen and oxygen atoms in total. The number of fused-ring (bicyclic) bond motifs is 1. The minimum atomic E-state index is 1.02. The molecular weight excluding hydrogens is 124 g/mol. The van der Waals surface area contributed by atoms with Gasteiger partial charge in [-0.3, -0.25) is 0 Å². The van der Waals surface area contributed by atoms with Crippen molar-refractivity contribution in [3.05, 3.63) is 0 Å². The molecule has 10 heavy (non-hydrogen) atoms. The molecule has 0 spiro atoms. The van der Waals surface area contributed by atoms with Gasteiger partial charge in [-0.2, -0.15) is 0 Å². The average molecular weight is 140 g/mol. The average Bonchev–Trinajstić information content (AvgIpc) is 1.89. The Labute approximate surface area is 62.8 Å². The van der Waals surface area contributed by atoms with Gasteiger partial charge in [0.05, 0.1) is 0 Å². The zero-order valence-corrected chi connectivity index (χ0v) is 6.51. The number of ether oxygens (including phenoxy) is 1. The molecule has 2 fully saturated rings. The van der Waals surface area contributed by atoms with Gasteiger partial charge in [-0.25, -0.2) is 0 Å². The van der Waals surface area contributed by atoms with Crippen molar-refractivity contribution >= 4 is 0 Å².